The highest BCUT2D eigenvalue weighted by molar-refractivity contribution is 7.89. The molecule has 1 fully saturated rings. The minimum Gasteiger partial charge on any atom is -0.444 e. The van der Waals surface area contributed by atoms with Gasteiger partial charge in [0.2, 0.25) is 0 Å². The number of pyridine rings is 1. The van der Waals surface area contributed by atoms with Gasteiger partial charge in [-0.3, -0.25) is 4.98 Å². The molecule has 0 bridgehead atoms. The topological polar surface area (TPSA) is 101 Å². The van der Waals surface area contributed by atoms with Crippen molar-refractivity contribution in [1.29, 1.82) is 0 Å². The lowest BCUT2D eigenvalue weighted by Crippen LogP contribution is -2.43. The van der Waals surface area contributed by atoms with E-state index in [1.807, 2.05) is 27.7 Å². The number of nitrogens with one attached hydrogen (secondary N) is 1. The Labute approximate surface area is 189 Å². The van der Waals surface area contributed by atoms with Crippen LogP contribution in [0.15, 0.2) is 58.8 Å². The average Bonchev–Trinajstić information content (AvgIpc) is 2.74. The molecule has 172 valence electrons. The standard InChI is InChI=1S/C23H30N4O4S/c1-17-5-7-20(8-6-17)32(29,30)26-25-21(18-9-13-24-14-10-18)19-11-15-27(16-12-19)22(28)31-23(2,3)4/h5-10,13-14,19,26H,11-12,15-16H2,1-4H3/b25-21+. The van der Waals surface area contributed by atoms with Crippen LogP contribution in [0.25, 0.3) is 0 Å². The summed E-state index contributed by atoms with van der Waals surface area (Å²) in [5, 5.41) is 4.33. The molecule has 2 heterocycles. The molecule has 3 rings (SSSR count). The van der Waals surface area contributed by atoms with E-state index < -0.39 is 15.6 Å². The smallest absolute Gasteiger partial charge is 0.410 e. The van der Waals surface area contributed by atoms with Crippen LogP contribution in [0.2, 0.25) is 0 Å². The van der Waals surface area contributed by atoms with E-state index in [0.29, 0.717) is 31.6 Å². The van der Waals surface area contributed by atoms with Crippen LogP contribution in [-0.4, -0.2) is 48.8 Å². The SMILES string of the molecule is Cc1ccc(S(=O)(=O)N/N=C(\c2ccncc2)C2CCN(C(=O)OC(C)(C)C)CC2)cc1. The van der Waals surface area contributed by atoms with Gasteiger partial charge in [-0.1, -0.05) is 17.7 Å². The van der Waals surface area contributed by atoms with Gasteiger partial charge in [-0.15, -0.1) is 0 Å². The Kier molecular flexibility index (Phi) is 7.18. The number of nitrogens with zero attached hydrogens (tertiary/aromatic N) is 3. The van der Waals surface area contributed by atoms with Gasteiger partial charge in [-0.2, -0.15) is 18.4 Å². The highest BCUT2D eigenvalue weighted by Gasteiger charge is 2.30. The molecule has 2 aromatic rings. The quantitative estimate of drug-likeness (QED) is 0.544. The number of aryl methyl sites for hydroxylation is 1. The summed E-state index contributed by atoms with van der Waals surface area (Å²) >= 11 is 0. The molecule has 0 spiro atoms. The Hall–Kier alpha value is -2.94. The summed E-state index contributed by atoms with van der Waals surface area (Å²) < 4.78 is 30.9. The molecule has 0 aliphatic carbocycles. The van der Waals surface area contributed by atoms with Gasteiger partial charge in [0.1, 0.15) is 5.60 Å². The number of sulfonamides is 1. The van der Waals surface area contributed by atoms with Gasteiger partial charge >= 0.3 is 6.09 Å². The molecule has 1 saturated heterocycles. The molecule has 1 amide bonds. The minimum absolute atomic E-state index is 0.0168. The molecular formula is C23H30N4O4S. The molecule has 1 aromatic heterocycles. The number of carbonyl (C=O) groups is 1. The van der Waals surface area contributed by atoms with Gasteiger partial charge in [0, 0.05) is 37.0 Å². The summed E-state index contributed by atoms with van der Waals surface area (Å²) in [5.41, 5.74) is 1.85. The van der Waals surface area contributed by atoms with E-state index in [1.165, 1.54) is 0 Å². The number of benzene rings is 1. The second-order valence-electron chi connectivity index (χ2n) is 8.88. The van der Waals surface area contributed by atoms with E-state index >= 15 is 0 Å². The maximum atomic E-state index is 12.7. The Balaban J connectivity index is 1.78. The first-order valence-corrected chi connectivity index (χ1v) is 12.1. The fourth-order valence-corrected chi connectivity index (χ4v) is 4.27. The number of piperidine rings is 1. The Bertz CT molecular complexity index is 1050. The summed E-state index contributed by atoms with van der Waals surface area (Å²) in [6.07, 6.45) is 4.25. The predicted octanol–water partition coefficient (Wildman–Crippen LogP) is 3.72. The Morgan fingerprint density at radius 2 is 1.69 bits per heavy atom. The number of amides is 1. The number of likely N-dealkylation sites (tertiary alicyclic amines) is 1. The van der Waals surface area contributed by atoms with Crippen molar-refractivity contribution in [3.8, 4) is 0 Å². The van der Waals surface area contributed by atoms with Crippen LogP contribution in [-0.2, 0) is 14.8 Å². The van der Waals surface area contributed by atoms with Gasteiger partial charge in [-0.25, -0.2) is 4.79 Å². The lowest BCUT2D eigenvalue weighted by atomic mass is 9.88. The summed E-state index contributed by atoms with van der Waals surface area (Å²) in [7, 11) is -3.80. The van der Waals surface area contributed by atoms with E-state index in [0.717, 1.165) is 11.1 Å². The molecule has 1 N–H and O–H groups in total. The second-order valence-corrected chi connectivity index (χ2v) is 10.5. The molecule has 1 aliphatic heterocycles. The molecule has 8 nitrogen and oxygen atoms in total. The molecule has 0 unspecified atom stereocenters. The average molecular weight is 459 g/mol. The number of hydrazone groups is 1. The third kappa shape index (κ3) is 6.29. The van der Waals surface area contributed by atoms with Gasteiger partial charge in [0.15, 0.2) is 0 Å². The maximum Gasteiger partial charge on any atom is 0.410 e. The number of hydrogen-bond donors (Lipinski definition) is 1. The number of rotatable bonds is 5. The first-order valence-electron chi connectivity index (χ1n) is 10.6. The largest absolute Gasteiger partial charge is 0.444 e. The Morgan fingerprint density at radius 3 is 2.25 bits per heavy atom. The minimum atomic E-state index is -3.80. The predicted molar refractivity (Wildman–Crippen MR) is 123 cm³/mol. The van der Waals surface area contributed by atoms with Crippen molar-refractivity contribution in [1.82, 2.24) is 14.7 Å². The second kappa shape index (κ2) is 9.68. The van der Waals surface area contributed by atoms with Crippen LogP contribution in [0.4, 0.5) is 4.79 Å². The third-order valence-electron chi connectivity index (χ3n) is 5.13. The van der Waals surface area contributed by atoms with Crippen molar-refractivity contribution in [2.45, 2.75) is 51.0 Å². The maximum absolute atomic E-state index is 12.7. The van der Waals surface area contributed by atoms with Crippen molar-refractivity contribution in [2.75, 3.05) is 13.1 Å². The van der Waals surface area contributed by atoms with Gasteiger partial charge in [-0.05, 0) is 64.8 Å². The zero-order valence-electron chi connectivity index (χ0n) is 18.9. The van der Waals surface area contributed by atoms with E-state index in [-0.39, 0.29) is 16.9 Å². The van der Waals surface area contributed by atoms with Crippen molar-refractivity contribution < 1.29 is 17.9 Å². The van der Waals surface area contributed by atoms with Crippen LogP contribution in [0, 0.1) is 12.8 Å². The van der Waals surface area contributed by atoms with Crippen LogP contribution in [0.1, 0.15) is 44.7 Å². The van der Waals surface area contributed by atoms with Crippen molar-refractivity contribution in [3.05, 3.63) is 59.9 Å². The Morgan fingerprint density at radius 1 is 1.09 bits per heavy atom. The van der Waals surface area contributed by atoms with Gasteiger partial charge in [0.05, 0.1) is 10.6 Å². The van der Waals surface area contributed by atoms with Crippen LogP contribution in [0.3, 0.4) is 0 Å². The van der Waals surface area contributed by atoms with Crippen LogP contribution < -0.4 is 4.83 Å². The fourth-order valence-electron chi connectivity index (χ4n) is 3.46. The van der Waals surface area contributed by atoms with Crippen molar-refractivity contribution in [2.24, 2.45) is 11.0 Å². The summed E-state index contributed by atoms with van der Waals surface area (Å²) in [5.74, 6) is -0.0168. The van der Waals surface area contributed by atoms with E-state index in [9.17, 15) is 13.2 Å². The number of aromatic nitrogens is 1. The zero-order valence-corrected chi connectivity index (χ0v) is 19.7. The highest BCUT2D eigenvalue weighted by atomic mass is 32.2. The van der Waals surface area contributed by atoms with Gasteiger partial charge in [0.25, 0.3) is 10.0 Å². The number of carbonyl (C=O) groups excluding carboxylic acids is 1. The lowest BCUT2D eigenvalue weighted by molar-refractivity contribution is 0.0202. The molecule has 1 aliphatic rings. The number of ether oxygens (including phenoxy) is 1. The molecule has 9 heteroatoms. The molecule has 0 radical (unpaired) electrons. The molecular weight excluding hydrogens is 428 g/mol. The van der Waals surface area contributed by atoms with Crippen molar-refractivity contribution in [3.63, 3.8) is 0 Å². The molecule has 0 atom stereocenters. The summed E-state index contributed by atoms with van der Waals surface area (Å²) in [4.78, 5) is 20.6. The van der Waals surface area contributed by atoms with E-state index in [1.54, 1.807) is 53.7 Å². The van der Waals surface area contributed by atoms with Crippen LogP contribution in [0.5, 0.6) is 0 Å². The molecule has 1 aromatic carbocycles. The highest BCUT2D eigenvalue weighted by Crippen LogP contribution is 2.24. The first-order chi connectivity index (χ1) is 15.0. The van der Waals surface area contributed by atoms with E-state index in [4.69, 9.17) is 4.74 Å². The van der Waals surface area contributed by atoms with E-state index in [2.05, 4.69) is 14.9 Å². The lowest BCUT2D eigenvalue weighted by Gasteiger charge is -2.33. The normalized spacial score (nSPS) is 16.0. The van der Waals surface area contributed by atoms with Crippen LogP contribution >= 0.6 is 0 Å². The molecule has 0 saturated carbocycles. The third-order valence-corrected chi connectivity index (χ3v) is 6.35. The summed E-state index contributed by atoms with van der Waals surface area (Å²) in [6, 6.07) is 10.2. The fraction of sp³-hybridized carbons (Fsp3) is 0.435. The monoisotopic (exact) mass is 458 g/mol. The molecule has 32 heavy (non-hydrogen) atoms. The zero-order chi connectivity index (χ0) is 23.4. The summed E-state index contributed by atoms with van der Waals surface area (Å²) in [6.45, 7) is 8.43. The van der Waals surface area contributed by atoms with Gasteiger partial charge < -0.3 is 9.64 Å². The number of hydrogen-bond acceptors (Lipinski definition) is 6. The van der Waals surface area contributed by atoms with Crippen molar-refractivity contribution >= 4 is 21.8 Å². The first kappa shape index (κ1) is 23.7.